The zero-order valence-corrected chi connectivity index (χ0v) is 19.2. The summed E-state index contributed by atoms with van der Waals surface area (Å²) >= 11 is 0. The van der Waals surface area contributed by atoms with Gasteiger partial charge in [-0.1, -0.05) is 31.2 Å². The van der Waals surface area contributed by atoms with Gasteiger partial charge in [-0.25, -0.2) is 8.42 Å². The third kappa shape index (κ3) is 5.45. The van der Waals surface area contributed by atoms with Crippen LogP contribution in [0.1, 0.15) is 23.6 Å². The fraction of sp³-hybridized carbons (Fsp3) is 0.250. The van der Waals surface area contributed by atoms with Crippen LogP contribution in [-0.4, -0.2) is 33.0 Å². The number of rotatable bonds is 9. The highest BCUT2D eigenvalue weighted by atomic mass is 32.2. The van der Waals surface area contributed by atoms with E-state index in [0.717, 1.165) is 27.4 Å². The van der Waals surface area contributed by atoms with Crippen molar-refractivity contribution in [3.05, 3.63) is 83.7 Å². The minimum Gasteiger partial charge on any atom is -0.495 e. The number of sulfonamides is 1. The molecule has 1 aromatic heterocycles. The Kier molecular flexibility index (Phi) is 7.48. The van der Waals surface area contributed by atoms with Crippen LogP contribution in [0.3, 0.4) is 0 Å². The van der Waals surface area contributed by atoms with Crippen LogP contribution in [0.25, 0.3) is 0 Å². The molecule has 0 saturated carbocycles. The first-order valence-corrected chi connectivity index (χ1v) is 11.7. The molecule has 1 N–H and O–H groups in total. The number of methoxy groups -OCH3 is 1. The maximum atomic E-state index is 13.7. The molecule has 3 aromatic rings. The molecular weight excluding hydrogens is 426 g/mol. The topological polar surface area (TPSA) is 88.6 Å². The van der Waals surface area contributed by atoms with Crippen LogP contribution in [-0.2, 0) is 27.8 Å². The number of aryl methyl sites for hydroxylation is 2. The monoisotopic (exact) mass is 453 g/mol. The third-order valence-corrected chi connectivity index (χ3v) is 6.81. The first-order chi connectivity index (χ1) is 15.3. The van der Waals surface area contributed by atoms with Gasteiger partial charge in [0.05, 0.1) is 12.8 Å². The number of aromatic nitrogens is 1. The Hall–Kier alpha value is -3.39. The molecule has 7 nitrogen and oxygen atoms in total. The summed E-state index contributed by atoms with van der Waals surface area (Å²) in [6.45, 7) is 3.71. The Morgan fingerprint density at radius 1 is 1.09 bits per heavy atom. The number of carbonyl (C=O) groups is 1. The number of carbonyl (C=O) groups excluding carboxylic acids is 1. The molecule has 0 aliphatic heterocycles. The molecule has 0 unspecified atom stereocenters. The second-order valence-corrected chi connectivity index (χ2v) is 9.15. The van der Waals surface area contributed by atoms with Crippen LogP contribution in [0.2, 0.25) is 0 Å². The molecule has 1 amide bonds. The first-order valence-electron chi connectivity index (χ1n) is 10.3. The Labute approximate surface area is 189 Å². The zero-order valence-electron chi connectivity index (χ0n) is 18.4. The lowest BCUT2D eigenvalue weighted by molar-refractivity contribution is -0.119. The van der Waals surface area contributed by atoms with Crippen molar-refractivity contribution >= 4 is 21.6 Å². The Morgan fingerprint density at radius 2 is 1.84 bits per heavy atom. The summed E-state index contributed by atoms with van der Waals surface area (Å²) in [6.07, 6.45) is 4.12. The van der Waals surface area contributed by atoms with Crippen LogP contribution < -0.4 is 14.4 Å². The van der Waals surface area contributed by atoms with Crippen LogP contribution in [0.5, 0.6) is 5.75 Å². The van der Waals surface area contributed by atoms with Crippen molar-refractivity contribution in [1.82, 2.24) is 10.3 Å². The van der Waals surface area contributed by atoms with Crippen LogP contribution in [0, 0.1) is 6.92 Å². The Bertz CT molecular complexity index is 1160. The summed E-state index contributed by atoms with van der Waals surface area (Å²) in [5.74, 6) is -0.204. The van der Waals surface area contributed by atoms with E-state index in [4.69, 9.17) is 4.74 Å². The molecule has 0 spiro atoms. The van der Waals surface area contributed by atoms with Crippen LogP contribution in [0.4, 0.5) is 5.69 Å². The second kappa shape index (κ2) is 10.3. The van der Waals surface area contributed by atoms with E-state index in [1.807, 2.05) is 25.1 Å². The van der Waals surface area contributed by atoms with Gasteiger partial charge >= 0.3 is 0 Å². The minimum absolute atomic E-state index is 0.0135. The Balaban J connectivity index is 1.95. The van der Waals surface area contributed by atoms with Crippen molar-refractivity contribution in [1.29, 1.82) is 0 Å². The predicted octanol–water partition coefficient (Wildman–Crippen LogP) is 3.47. The van der Waals surface area contributed by atoms with E-state index in [1.165, 1.54) is 7.11 Å². The number of ether oxygens (including phenoxy) is 1. The molecule has 0 atom stereocenters. The number of amides is 1. The molecule has 8 heteroatoms. The number of anilines is 1. The van der Waals surface area contributed by atoms with Gasteiger partial charge in [0.2, 0.25) is 5.91 Å². The van der Waals surface area contributed by atoms with E-state index in [9.17, 15) is 13.2 Å². The van der Waals surface area contributed by atoms with E-state index in [-0.39, 0.29) is 23.7 Å². The maximum absolute atomic E-state index is 13.7. The molecule has 0 aliphatic rings. The molecule has 168 valence electrons. The molecular formula is C24H27N3O4S. The molecule has 3 rings (SSSR count). The van der Waals surface area contributed by atoms with Gasteiger partial charge in [0.25, 0.3) is 10.0 Å². The number of nitrogens with zero attached hydrogens (tertiary/aromatic N) is 2. The van der Waals surface area contributed by atoms with Crippen molar-refractivity contribution in [3.63, 3.8) is 0 Å². The molecule has 0 saturated heterocycles. The largest absolute Gasteiger partial charge is 0.495 e. The highest BCUT2D eigenvalue weighted by molar-refractivity contribution is 7.93. The number of nitrogens with one attached hydrogen (secondary N) is 1. The normalized spacial score (nSPS) is 11.1. The van der Waals surface area contributed by atoms with E-state index in [2.05, 4.69) is 10.3 Å². The summed E-state index contributed by atoms with van der Waals surface area (Å²) < 4.78 is 33.8. The second-order valence-electron chi connectivity index (χ2n) is 7.32. The summed E-state index contributed by atoms with van der Waals surface area (Å²) in [4.78, 5) is 16.8. The lowest BCUT2D eigenvalue weighted by Crippen LogP contribution is -2.40. The number of hydrogen-bond donors (Lipinski definition) is 1. The van der Waals surface area contributed by atoms with Gasteiger partial charge in [-0.15, -0.1) is 0 Å². The molecule has 1 heterocycles. The average molecular weight is 454 g/mol. The molecule has 0 radical (unpaired) electrons. The van der Waals surface area contributed by atoms with E-state index in [1.54, 1.807) is 55.7 Å². The predicted molar refractivity (Wildman–Crippen MR) is 124 cm³/mol. The van der Waals surface area contributed by atoms with Crippen LogP contribution in [0.15, 0.2) is 71.9 Å². The third-order valence-electron chi connectivity index (χ3n) is 5.02. The quantitative estimate of drug-likeness (QED) is 0.536. The summed E-state index contributed by atoms with van der Waals surface area (Å²) in [5.41, 5.74) is 3.07. The SMILES string of the molecule is CCc1ccc(N(CC(=O)NCc2cccnc2)S(=O)(=O)c2cc(C)ccc2OC)cc1. The smallest absolute Gasteiger partial charge is 0.268 e. The Morgan fingerprint density at radius 3 is 2.47 bits per heavy atom. The summed E-state index contributed by atoms with van der Waals surface area (Å²) in [7, 11) is -2.66. The number of hydrogen-bond acceptors (Lipinski definition) is 5. The van der Waals surface area contributed by atoms with E-state index < -0.39 is 15.9 Å². The molecule has 32 heavy (non-hydrogen) atoms. The first kappa shape index (κ1) is 23.3. The van der Waals surface area contributed by atoms with Gasteiger partial charge in [-0.05, 0) is 60.4 Å². The minimum atomic E-state index is -4.08. The fourth-order valence-electron chi connectivity index (χ4n) is 3.21. The molecule has 0 bridgehead atoms. The number of pyridine rings is 1. The maximum Gasteiger partial charge on any atom is 0.268 e. The zero-order chi connectivity index (χ0) is 23.1. The van der Waals surface area contributed by atoms with Gasteiger partial charge in [-0.2, -0.15) is 0 Å². The van der Waals surface area contributed by atoms with Crippen molar-refractivity contribution < 1.29 is 17.9 Å². The van der Waals surface area contributed by atoms with Crippen molar-refractivity contribution in [2.45, 2.75) is 31.7 Å². The van der Waals surface area contributed by atoms with Crippen molar-refractivity contribution in [3.8, 4) is 5.75 Å². The van der Waals surface area contributed by atoms with E-state index in [0.29, 0.717) is 5.69 Å². The van der Waals surface area contributed by atoms with Gasteiger partial charge in [-0.3, -0.25) is 14.1 Å². The average Bonchev–Trinajstić information content (AvgIpc) is 2.82. The molecule has 0 aliphatic carbocycles. The van der Waals surface area contributed by atoms with Crippen molar-refractivity contribution in [2.75, 3.05) is 18.0 Å². The fourth-order valence-corrected chi connectivity index (χ4v) is 4.87. The molecule has 0 fully saturated rings. The van der Waals surface area contributed by atoms with E-state index >= 15 is 0 Å². The highest BCUT2D eigenvalue weighted by Gasteiger charge is 2.30. The lowest BCUT2D eigenvalue weighted by atomic mass is 10.1. The van der Waals surface area contributed by atoms with Crippen molar-refractivity contribution in [2.24, 2.45) is 0 Å². The number of benzene rings is 2. The van der Waals surface area contributed by atoms with Gasteiger partial charge in [0, 0.05) is 18.9 Å². The van der Waals surface area contributed by atoms with Gasteiger partial charge < -0.3 is 10.1 Å². The van der Waals surface area contributed by atoms with Gasteiger partial charge in [0.1, 0.15) is 17.2 Å². The van der Waals surface area contributed by atoms with Crippen LogP contribution >= 0.6 is 0 Å². The van der Waals surface area contributed by atoms with Gasteiger partial charge in [0.15, 0.2) is 0 Å². The molecule has 2 aromatic carbocycles. The summed E-state index contributed by atoms with van der Waals surface area (Å²) in [5, 5.41) is 2.77. The standard InChI is InChI=1S/C24H27N3O4S/c1-4-19-8-10-21(11-9-19)27(17-24(28)26-16-20-6-5-13-25-15-20)32(29,30)23-14-18(2)7-12-22(23)31-3/h5-15H,4,16-17H2,1-3H3,(H,26,28). The highest BCUT2D eigenvalue weighted by Crippen LogP contribution is 2.31. The lowest BCUT2D eigenvalue weighted by Gasteiger charge is -2.25. The summed E-state index contributed by atoms with van der Waals surface area (Å²) in [6, 6.07) is 15.7.